The van der Waals surface area contributed by atoms with Gasteiger partial charge in [0.15, 0.2) is 0 Å². The molecule has 0 bridgehead atoms. The number of hydrogen-bond donors (Lipinski definition) is 4. The van der Waals surface area contributed by atoms with Crippen molar-refractivity contribution < 1.29 is 5.11 Å². The van der Waals surface area contributed by atoms with Gasteiger partial charge in [-0.1, -0.05) is 13.8 Å². The Bertz CT molecular complexity index is 415. The van der Waals surface area contributed by atoms with E-state index in [0.717, 1.165) is 0 Å². The predicted octanol–water partition coefficient (Wildman–Crippen LogP) is 0.276. The lowest BCUT2D eigenvalue weighted by atomic mass is 10.2. The minimum Gasteiger partial charge on any atom is -0.392 e. The molecule has 1 aromatic heterocycles. The Morgan fingerprint density at radius 1 is 1.39 bits per heavy atom. The topological polar surface area (TPSA) is 90.0 Å². The average molecular weight is 254 g/mol. The first kappa shape index (κ1) is 14.7. The Morgan fingerprint density at radius 3 is 2.72 bits per heavy atom. The van der Waals surface area contributed by atoms with Gasteiger partial charge in [-0.25, -0.2) is 4.98 Å². The van der Waals surface area contributed by atoms with E-state index in [-0.39, 0.29) is 17.6 Å². The van der Waals surface area contributed by atoms with Crippen molar-refractivity contribution in [2.45, 2.75) is 32.8 Å². The Kier molecular flexibility index (Phi) is 5.80. The molecule has 0 radical (unpaired) electrons. The zero-order valence-corrected chi connectivity index (χ0v) is 11.2. The fourth-order valence-electron chi connectivity index (χ4n) is 1.43. The number of nitrogens with one attached hydrogen (secondary N) is 3. The highest BCUT2D eigenvalue weighted by Gasteiger charge is 2.04. The number of aromatic nitrogens is 2. The molecule has 0 aliphatic rings. The summed E-state index contributed by atoms with van der Waals surface area (Å²) in [5.41, 5.74) is -0.145. The maximum absolute atomic E-state index is 11.4. The van der Waals surface area contributed by atoms with E-state index in [4.69, 9.17) is 5.11 Å². The van der Waals surface area contributed by atoms with Crippen LogP contribution < -0.4 is 16.2 Å². The van der Waals surface area contributed by atoms with Crippen molar-refractivity contribution in [1.29, 1.82) is 0 Å². The van der Waals surface area contributed by atoms with Gasteiger partial charge in [0, 0.05) is 31.6 Å². The molecule has 1 aromatic rings. The zero-order chi connectivity index (χ0) is 13.5. The van der Waals surface area contributed by atoms with Crippen LogP contribution in [0.3, 0.4) is 0 Å². The van der Waals surface area contributed by atoms with E-state index in [0.29, 0.717) is 31.3 Å². The maximum atomic E-state index is 11.4. The van der Waals surface area contributed by atoms with E-state index in [1.54, 1.807) is 6.92 Å². The first-order valence-corrected chi connectivity index (χ1v) is 6.23. The highest BCUT2D eigenvalue weighted by atomic mass is 16.3. The first-order chi connectivity index (χ1) is 8.49. The van der Waals surface area contributed by atoms with Gasteiger partial charge < -0.3 is 20.7 Å². The molecule has 6 nitrogen and oxygen atoms in total. The lowest BCUT2D eigenvalue weighted by Gasteiger charge is -2.10. The van der Waals surface area contributed by atoms with Crippen molar-refractivity contribution in [3.05, 3.63) is 22.2 Å². The van der Waals surface area contributed by atoms with Crippen molar-refractivity contribution >= 4 is 5.82 Å². The summed E-state index contributed by atoms with van der Waals surface area (Å²) in [4.78, 5) is 18.4. The van der Waals surface area contributed by atoms with Crippen LogP contribution in [0.25, 0.3) is 0 Å². The van der Waals surface area contributed by atoms with E-state index >= 15 is 0 Å². The van der Waals surface area contributed by atoms with Crippen LogP contribution in [0, 0.1) is 0 Å². The Balaban J connectivity index is 2.45. The third kappa shape index (κ3) is 5.29. The van der Waals surface area contributed by atoms with Crippen LogP contribution in [0.5, 0.6) is 0 Å². The van der Waals surface area contributed by atoms with Crippen molar-refractivity contribution in [2.75, 3.05) is 25.0 Å². The number of rotatable bonds is 7. The van der Waals surface area contributed by atoms with Crippen LogP contribution in [-0.2, 0) is 0 Å². The van der Waals surface area contributed by atoms with Gasteiger partial charge in [0.25, 0.3) is 5.56 Å². The summed E-state index contributed by atoms with van der Waals surface area (Å²) in [5.74, 6) is 1.45. The molecule has 102 valence electrons. The summed E-state index contributed by atoms with van der Waals surface area (Å²) in [6.07, 6.45) is -0.352. The molecular weight excluding hydrogens is 232 g/mol. The normalized spacial score (nSPS) is 12.7. The van der Waals surface area contributed by atoms with Crippen LogP contribution in [0.1, 0.15) is 32.5 Å². The van der Waals surface area contributed by atoms with Crippen LogP contribution in [0.15, 0.2) is 10.9 Å². The van der Waals surface area contributed by atoms with Crippen molar-refractivity contribution in [1.82, 2.24) is 15.3 Å². The minimum atomic E-state index is -0.352. The monoisotopic (exact) mass is 254 g/mol. The standard InChI is InChI=1S/C12H22N4O2/c1-8(2)12-15-10(6-11(18)16-12)14-5-4-13-7-9(3)17/h6,8-9,13,17H,4-5,7H2,1-3H3,(H2,14,15,16,18). The van der Waals surface area contributed by atoms with Crippen molar-refractivity contribution in [3.8, 4) is 0 Å². The molecule has 0 saturated heterocycles. The van der Waals surface area contributed by atoms with Gasteiger partial charge in [-0.15, -0.1) is 0 Å². The number of aliphatic hydroxyl groups excluding tert-OH is 1. The first-order valence-electron chi connectivity index (χ1n) is 6.23. The van der Waals surface area contributed by atoms with Crippen LogP contribution >= 0.6 is 0 Å². The lowest BCUT2D eigenvalue weighted by Crippen LogP contribution is -2.29. The molecular formula is C12H22N4O2. The Morgan fingerprint density at radius 2 is 2.11 bits per heavy atom. The molecule has 1 rings (SSSR count). The summed E-state index contributed by atoms with van der Waals surface area (Å²) in [6, 6.07) is 1.44. The van der Waals surface area contributed by atoms with Crippen LogP contribution in [0.4, 0.5) is 5.82 Å². The summed E-state index contributed by atoms with van der Waals surface area (Å²) < 4.78 is 0. The van der Waals surface area contributed by atoms with Gasteiger partial charge in [-0.3, -0.25) is 4.79 Å². The smallest absolute Gasteiger partial charge is 0.252 e. The molecule has 1 unspecified atom stereocenters. The molecule has 4 N–H and O–H groups in total. The average Bonchev–Trinajstić information content (AvgIpc) is 2.27. The number of nitrogens with zero attached hydrogens (tertiary/aromatic N) is 1. The SMILES string of the molecule is CC(O)CNCCNc1cc(=O)[nH]c(C(C)C)n1. The maximum Gasteiger partial charge on any atom is 0.252 e. The van der Waals surface area contributed by atoms with Crippen LogP contribution in [0.2, 0.25) is 0 Å². The fourth-order valence-corrected chi connectivity index (χ4v) is 1.43. The summed E-state index contributed by atoms with van der Waals surface area (Å²) in [5, 5.41) is 15.2. The van der Waals surface area contributed by atoms with Crippen molar-refractivity contribution in [3.63, 3.8) is 0 Å². The lowest BCUT2D eigenvalue weighted by molar-refractivity contribution is 0.192. The van der Waals surface area contributed by atoms with Gasteiger partial charge >= 0.3 is 0 Å². The largest absolute Gasteiger partial charge is 0.392 e. The number of aromatic amines is 1. The van der Waals surface area contributed by atoms with Crippen molar-refractivity contribution in [2.24, 2.45) is 0 Å². The quantitative estimate of drug-likeness (QED) is 0.525. The summed E-state index contributed by atoms with van der Waals surface area (Å²) >= 11 is 0. The molecule has 0 aliphatic carbocycles. The van der Waals surface area contributed by atoms with E-state index < -0.39 is 0 Å². The Labute approximate surface area is 107 Å². The highest BCUT2D eigenvalue weighted by molar-refractivity contribution is 5.33. The van der Waals surface area contributed by atoms with Gasteiger partial charge in [0.2, 0.25) is 0 Å². The second-order valence-corrected chi connectivity index (χ2v) is 4.65. The third-order valence-electron chi connectivity index (χ3n) is 2.35. The summed E-state index contributed by atoms with van der Waals surface area (Å²) in [6.45, 7) is 7.60. The summed E-state index contributed by atoms with van der Waals surface area (Å²) in [7, 11) is 0. The molecule has 0 aliphatic heterocycles. The highest BCUT2D eigenvalue weighted by Crippen LogP contribution is 2.08. The van der Waals surface area contributed by atoms with Crippen LogP contribution in [-0.4, -0.2) is 40.8 Å². The minimum absolute atomic E-state index is 0.145. The third-order valence-corrected chi connectivity index (χ3v) is 2.35. The van der Waals surface area contributed by atoms with E-state index in [1.165, 1.54) is 6.07 Å². The van der Waals surface area contributed by atoms with Gasteiger partial charge in [-0.2, -0.15) is 0 Å². The fraction of sp³-hybridized carbons (Fsp3) is 0.667. The number of anilines is 1. The second kappa shape index (κ2) is 7.13. The van der Waals surface area contributed by atoms with Gasteiger partial charge in [-0.05, 0) is 6.92 Å². The second-order valence-electron chi connectivity index (χ2n) is 4.65. The molecule has 1 atom stereocenters. The molecule has 6 heteroatoms. The molecule has 18 heavy (non-hydrogen) atoms. The van der Waals surface area contributed by atoms with Gasteiger partial charge in [0.1, 0.15) is 11.6 Å². The number of hydrogen-bond acceptors (Lipinski definition) is 5. The number of H-pyrrole nitrogens is 1. The van der Waals surface area contributed by atoms with E-state index in [9.17, 15) is 4.79 Å². The van der Waals surface area contributed by atoms with E-state index in [2.05, 4.69) is 20.6 Å². The number of aliphatic hydroxyl groups is 1. The zero-order valence-electron chi connectivity index (χ0n) is 11.2. The van der Waals surface area contributed by atoms with Gasteiger partial charge in [0.05, 0.1) is 6.10 Å². The Hall–Kier alpha value is -1.40. The molecule has 0 saturated carbocycles. The molecule has 0 amide bonds. The van der Waals surface area contributed by atoms with E-state index in [1.807, 2.05) is 13.8 Å². The molecule has 0 fully saturated rings. The molecule has 0 spiro atoms. The molecule has 1 heterocycles. The molecule has 0 aromatic carbocycles. The predicted molar refractivity (Wildman–Crippen MR) is 72.0 cm³/mol.